The Bertz CT molecular complexity index is 855. The van der Waals surface area contributed by atoms with Gasteiger partial charge in [-0.25, -0.2) is 4.98 Å². The minimum absolute atomic E-state index is 0.352. The standard InChI is InChI=1S/C17H16F3N3/c1-9-6-10(2)15(11(3)7-9)23-16-21-13-5-4-12(17(18,19)20)8-14(13)22-16/h4-8H,1-3H3,(H2,21,22,23). The van der Waals surface area contributed by atoms with Crippen molar-refractivity contribution < 1.29 is 13.2 Å². The topological polar surface area (TPSA) is 40.7 Å². The number of rotatable bonds is 2. The van der Waals surface area contributed by atoms with Crippen LogP contribution < -0.4 is 5.32 Å². The predicted octanol–water partition coefficient (Wildman–Crippen LogP) is 5.25. The highest BCUT2D eigenvalue weighted by molar-refractivity contribution is 5.79. The second-order valence-electron chi connectivity index (χ2n) is 5.71. The fourth-order valence-corrected chi connectivity index (χ4v) is 2.74. The van der Waals surface area contributed by atoms with Crippen molar-refractivity contribution in [2.45, 2.75) is 26.9 Å². The van der Waals surface area contributed by atoms with Gasteiger partial charge in [0, 0.05) is 5.69 Å². The molecule has 0 aliphatic heterocycles. The molecule has 0 aliphatic carbocycles. The molecule has 1 heterocycles. The number of nitrogens with one attached hydrogen (secondary N) is 2. The average molecular weight is 319 g/mol. The molecule has 2 aromatic carbocycles. The number of H-pyrrole nitrogens is 1. The van der Waals surface area contributed by atoms with Gasteiger partial charge in [0.15, 0.2) is 0 Å². The van der Waals surface area contributed by atoms with Gasteiger partial charge in [0.1, 0.15) is 0 Å². The third-order valence-corrected chi connectivity index (χ3v) is 3.73. The Balaban J connectivity index is 1.99. The highest BCUT2D eigenvalue weighted by atomic mass is 19.4. The molecule has 0 unspecified atom stereocenters. The molecular formula is C17H16F3N3. The van der Waals surface area contributed by atoms with Crippen LogP contribution in [0.5, 0.6) is 0 Å². The molecule has 120 valence electrons. The molecule has 0 aliphatic rings. The van der Waals surface area contributed by atoms with E-state index in [0.29, 0.717) is 17.0 Å². The van der Waals surface area contributed by atoms with Crippen LogP contribution in [0.25, 0.3) is 11.0 Å². The van der Waals surface area contributed by atoms with E-state index in [-0.39, 0.29) is 0 Å². The molecule has 0 radical (unpaired) electrons. The Morgan fingerprint density at radius 1 is 1.00 bits per heavy atom. The minimum atomic E-state index is -4.36. The number of fused-ring (bicyclic) bond motifs is 1. The number of nitrogens with zero attached hydrogens (tertiary/aromatic N) is 1. The molecule has 3 nitrogen and oxygen atoms in total. The van der Waals surface area contributed by atoms with Crippen LogP contribution in [-0.2, 0) is 6.18 Å². The first-order chi connectivity index (χ1) is 10.7. The molecule has 0 spiro atoms. The van der Waals surface area contributed by atoms with E-state index in [0.717, 1.165) is 34.5 Å². The molecule has 3 aromatic rings. The van der Waals surface area contributed by atoms with Gasteiger partial charge in [-0.1, -0.05) is 17.7 Å². The average Bonchev–Trinajstić information content (AvgIpc) is 2.83. The maximum absolute atomic E-state index is 12.8. The zero-order valence-electron chi connectivity index (χ0n) is 13.0. The lowest BCUT2D eigenvalue weighted by atomic mass is 10.1. The highest BCUT2D eigenvalue weighted by Gasteiger charge is 2.30. The monoisotopic (exact) mass is 319 g/mol. The summed E-state index contributed by atoms with van der Waals surface area (Å²) in [6, 6.07) is 7.56. The zero-order valence-corrected chi connectivity index (χ0v) is 13.0. The van der Waals surface area contributed by atoms with Crippen LogP contribution in [0.2, 0.25) is 0 Å². The summed E-state index contributed by atoms with van der Waals surface area (Å²) in [6.45, 7) is 5.98. The van der Waals surface area contributed by atoms with Crippen LogP contribution in [0.3, 0.4) is 0 Å². The van der Waals surface area contributed by atoms with Crippen molar-refractivity contribution in [2.75, 3.05) is 5.32 Å². The van der Waals surface area contributed by atoms with E-state index < -0.39 is 11.7 Å². The van der Waals surface area contributed by atoms with Crippen LogP contribution in [-0.4, -0.2) is 9.97 Å². The van der Waals surface area contributed by atoms with Crippen molar-refractivity contribution >= 4 is 22.7 Å². The lowest BCUT2D eigenvalue weighted by Crippen LogP contribution is -2.04. The number of hydrogen-bond acceptors (Lipinski definition) is 2. The van der Waals surface area contributed by atoms with Crippen molar-refractivity contribution in [3.8, 4) is 0 Å². The molecule has 0 amide bonds. The van der Waals surface area contributed by atoms with Crippen LogP contribution >= 0.6 is 0 Å². The van der Waals surface area contributed by atoms with E-state index in [4.69, 9.17) is 0 Å². The zero-order chi connectivity index (χ0) is 16.8. The fourth-order valence-electron chi connectivity index (χ4n) is 2.74. The maximum atomic E-state index is 12.8. The van der Waals surface area contributed by atoms with Crippen LogP contribution in [0, 0.1) is 20.8 Å². The molecule has 0 saturated heterocycles. The molecule has 1 aromatic heterocycles. The summed E-state index contributed by atoms with van der Waals surface area (Å²) < 4.78 is 38.3. The third kappa shape index (κ3) is 3.02. The van der Waals surface area contributed by atoms with Gasteiger partial charge in [-0.05, 0) is 50.1 Å². The largest absolute Gasteiger partial charge is 0.416 e. The lowest BCUT2D eigenvalue weighted by Gasteiger charge is -2.11. The van der Waals surface area contributed by atoms with Crippen molar-refractivity contribution in [3.63, 3.8) is 0 Å². The summed E-state index contributed by atoms with van der Waals surface area (Å²) in [5, 5.41) is 3.17. The number of aryl methyl sites for hydroxylation is 3. The molecule has 0 fully saturated rings. The van der Waals surface area contributed by atoms with Crippen LogP contribution in [0.4, 0.5) is 24.8 Å². The smallest absolute Gasteiger partial charge is 0.325 e. The van der Waals surface area contributed by atoms with E-state index in [1.165, 1.54) is 6.07 Å². The Labute approximate surface area is 131 Å². The minimum Gasteiger partial charge on any atom is -0.325 e. The first-order valence-electron chi connectivity index (χ1n) is 7.16. The molecular weight excluding hydrogens is 303 g/mol. The SMILES string of the molecule is Cc1cc(C)c(Nc2nc3ccc(C(F)(F)F)cc3[nH]2)c(C)c1. The van der Waals surface area contributed by atoms with E-state index in [9.17, 15) is 13.2 Å². The van der Waals surface area contributed by atoms with Gasteiger partial charge in [0.2, 0.25) is 5.95 Å². The second kappa shape index (κ2) is 5.30. The molecule has 2 N–H and O–H groups in total. The number of halogens is 3. The number of imidazole rings is 1. The first kappa shape index (κ1) is 15.4. The lowest BCUT2D eigenvalue weighted by molar-refractivity contribution is -0.137. The van der Waals surface area contributed by atoms with Gasteiger partial charge in [0.25, 0.3) is 0 Å². The Kier molecular flexibility index (Phi) is 3.55. The highest BCUT2D eigenvalue weighted by Crippen LogP contribution is 2.32. The molecule has 0 bridgehead atoms. The maximum Gasteiger partial charge on any atom is 0.416 e. The Morgan fingerprint density at radius 3 is 2.26 bits per heavy atom. The van der Waals surface area contributed by atoms with Gasteiger partial charge in [-0.15, -0.1) is 0 Å². The third-order valence-electron chi connectivity index (χ3n) is 3.73. The molecule has 0 saturated carbocycles. The fraction of sp³-hybridized carbons (Fsp3) is 0.235. The first-order valence-corrected chi connectivity index (χ1v) is 7.16. The number of anilines is 2. The summed E-state index contributed by atoms with van der Waals surface area (Å²) >= 11 is 0. The van der Waals surface area contributed by atoms with Crippen molar-refractivity contribution in [1.29, 1.82) is 0 Å². The summed E-state index contributed by atoms with van der Waals surface area (Å²) in [5.74, 6) is 0.425. The van der Waals surface area contributed by atoms with E-state index in [1.54, 1.807) is 0 Å². The van der Waals surface area contributed by atoms with Gasteiger partial charge in [-0.3, -0.25) is 0 Å². The van der Waals surface area contributed by atoms with E-state index in [2.05, 4.69) is 15.3 Å². The van der Waals surface area contributed by atoms with E-state index in [1.807, 2.05) is 32.9 Å². The van der Waals surface area contributed by atoms with Crippen molar-refractivity contribution in [1.82, 2.24) is 9.97 Å². The predicted molar refractivity (Wildman–Crippen MR) is 85.0 cm³/mol. The number of aromatic nitrogens is 2. The van der Waals surface area contributed by atoms with Gasteiger partial charge in [0.05, 0.1) is 16.6 Å². The van der Waals surface area contributed by atoms with Crippen LogP contribution in [0.1, 0.15) is 22.3 Å². The second-order valence-corrected chi connectivity index (χ2v) is 5.71. The molecule has 0 atom stereocenters. The number of hydrogen-bond donors (Lipinski definition) is 2. The van der Waals surface area contributed by atoms with Gasteiger partial charge >= 0.3 is 6.18 Å². The van der Waals surface area contributed by atoms with Gasteiger partial charge in [-0.2, -0.15) is 13.2 Å². The Hall–Kier alpha value is -2.50. The van der Waals surface area contributed by atoms with Gasteiger partial charge < -0.3 is 10.3 Å². The molecule has 23 heavy (non-hydrogen) atoms. The van der Waals surface area contributed by atoms with E-state index >= 15 is 0 Å². The number of alkyl halides is 3. The van der Waals surface area contributed by atoms with Crippen molar-refractivity contribution in [2.24, 2.45) is 0 Å². The molecule has 6 heteroatoms. The normalized spacial score (nSPS) is 11.9. The summed E-state index contributed by atoms with van der Waals surface area (Å²) in [5.41, 5.74) is 4.32. The molecule has 3 rings (SSSR count). The number of benzene rings is 2. The van der Waals surface area contributed by atoms with Crippen molar-refractivity contribution in [3.05, 3.63) is 52.6 Å². The number of aromatic amines is 1. The van der Waals surface area contributed by atoms with Crippen LogP contribution in [0.15, 0.2) is 30.3 Å². The summed E-state index contributed by atoms with van der Waals surface area (Å²) in [6.07, 6.45) is -4.36. The quantitative estimate of drug-likeness (QED) is 0.677. The Morgan fingerprint density at radius 2 is 1.65 bits per heavy atom. The summed E-state index contributed by atoms with van der Waals surface area (Å²) in [7, 11) is 0. The summed E-state index contributed by atoms with van der Waals surface area (Å²) in [4.78, 5) is 7.21.